The first kappa shape index (κ1) is 17.5. The van der Waals surface area contributed by atoms with Gasteiger partial charge in [-0.15, -0.1) is 11.3 Å². The van der Waals surface area contributed by atoms with Crippen molar-refractivity contribution in [3.05, 3.63) is 46.2 Å². The number of nitrogens with zero attached hydrogens (tertiary/aromatic N) is 1. The molecule has 1 N–H and O–H groups in total. The molecule has 0 unspecified atom stereocenters. The molecule has 0 radical (unpaired) electrons. The van der Waals surface area contributed by atoms with Gasteiger partial charge >= 0.3 is 0 Å². The van der Waals surface area contributed by atoms with Crippen LogP contribution in [0.25, 0.3) is 0 Å². The molecule has 1 fully saturated rings. The minimum atomic E-state index is -1.23. The fraction of sp³-hybridized carbons (Fsp3) is 0.368. The molecule has 0 bridgehead atoms. The van der Waals surface area contributed by atoms with Gasteiger partial charge in [-0.25, -0.2) is 0 Å². The van der Waals surface area contributed by atoms with Gasteiger partial charge in [-0.05, 0) is 47.9 Å². The Balaban J connectivity index is 1.85. The summed E-state index contributed by atoms with van der Waals surface area (Å²) in [7, 11) is 0. The van der Waals surface area contributed by atoms with Gasteiger partial charge in [0.05, 0.1) is 10.8 Å². The van der Waals surface area contributed by atoms with Crippen LogP contribution in [0.5, 0.6) is 0 Å². The SMILES string of the molecule is C[C@H]1C[C@H](C)CN(c2ccc(NC(=O)c3cccs3)cc2C(=O)[O-])C1. The van der Waals surface area contributed by atoms with Crippen molar-refractivity contribution in [1.29, 1.82) is 0 Å². The van der Waals surface area contributed by atoms with Crippen LogP contribution in [0, 0.1) is 11.8 Å². The second-order valence-corrected chi connectivity index (χ2v) is 7.75. The van der Waals surface area contributed by atoms with Crippen molar-refractivity contribution in [2.24, 2.45) is 11.8 Å². The lowest BCUT2D eigenvalue weighted by Gasteiger charge is -2.37. The monoisotopic (exact) mass is 357 g/mol. The molecule has 1 aromatic heterocycles. The van der Waals surface area contributed by atoms with Crippen molar-refractivity contribution < 1.29 is 14.7 Å². The highest BCUT2D eigenvalue weighted by Crippen LogP contribution is 2.30. The minimum absolute atomic E-state index is 0.116. The lowest BCUT2D eigenvalue weighted by molar-refractivity contribution is -0.254. The van der Waals surface area contributed by atoms with E-state index in [1.54, 1.807) is 24.3 Å². The molecule has 6 heteroatoms. The predicted molar refractivity (Wildman–Crippen MR) is 98.2 cm³/mol. The first-order valence-electron chi connectivity index (χ1n) is 8.39. The Labute approximate surface area is 151 Å². The number of carbonyl (C=O) groups excluding carboxylic acids is 2. The third kappa shape index (κ3) is 4.02. The summed E-state index contributed by atoms with van der Waals surface area (Å²) in [5.41, 5.74) is 1.23. The van der Waals surface area contributed by atoms with Gasteiger partial charge in [0.15, 0.2) is 0 Å². The lowest BCUT2D eigenvalue weighted by atomic mass is 9.91. The molecule has 1 aromatic carbocycles. The molecule has 1 aliphatic heterocycles. The molecule has 2 heterocycles. The highest BCUT2D eigenvalue weighted by molar-refractivity contribution is 7.12. The van der Waals surface area contributed by atoms with E-state index in [0.29, 0.717) is 28.1 Å². The number of aromatic carboxylic acids is 1. The number of hydrogen-bond donors (Lipinski definition) is 1. The number of thiophene rings is 1. The van der Waals surface area contributed by atoms with Crippen molar-refractivity contribution >= 4 is 34.6 Å². The molecule has 0 saturated carbocycles. The molecule has 1 aliphatic rings. The van der Waals surface area contributed by atoms with Gasteiger partial charge in [0.2, 0.25) is 0 Å². The number of rotatable bonds is 4. The van der Waals surface area contributed by atoms with Gasteiger partial charge in [0, 0.05) is 30.0 Å². The number of carboxylic acids is 1. The number of hydrogen-bond acceptors (Lipinski definition) is 5. The van der Waals surface area contributed by atoms with E-state index >= 15 is 0 Å². The number of benzene rings is 1. The Morgan fingerprint density at radius 3 is 2.52 bits per heavy atom. The number of carboxylic acid groups (broad SMARTS) is 1. The summed E-state index contributed by atoms with van der Waals surface area (Å²) in [6, 6.07) is 8.52. The zero-order chi connectivity index (χ0) is 18.0. The van der Waals surface area contributed by atoms with Gasteiger partial charge in [0.1, 0.15) is 0 Å². The average Bonchev–Trinajstić information content (AvgIpc) is 3.08. The van der Waals surface area contributed by atoms with Crippen LogP contribution in [-0.2, 0) is 0 Å². The minimum Gasteiger partial charge on any atom is -0.545 e. The Morgan fingerprint density at radius 2 is 1.92 bits per heavy atom. The van der Waals surface area contributed by atoms with Crippen molar-refractivity contribution in [3.63, 3.8) is 0 Å². The van der Waals surface area contributed by atoms with Crippen molar-refractivity contribution in [1.82, 2.24) is 0 Å². The van der Waals surface area contributed by atoms with Gasteiger partial charge in [-0.2, -0.15) is 0 Å². The maximum atomic E-state index is 12.2. The third-order valence-electron chi connectivity index (χ3n) is 4.43. The van der Waals surface area contributed by atoms with Gasteiger partial charge < -0.3 is 20.1 Å². The predicted octanol–water partition coefficient (Wildman–Crippen LogP) is 2.85. The second kappa shape index (κ2) is 7.27. The van der Waals surface area contributed by atoms with Crippen LogP contribution in [0.15, 0.2) is 35.7 Å². The molecule has 2 aromatic rings. The highest BCUT2D eigenvalue weighted by atomic mass is 32.1. The van der Waals surface area contributed by atoms with E-state index in [-0.39, 0.29) is 11.5 Å². The van der Waals surface area contributed by atoms with E-state index in [9.17, 15) is 14.7 Å². The standard InChI is InChI=1S/C19H22N2O3S/c1-12-8-13(2)11-21(10-12)16-6-5-14(9-15(16)19(23)24)20-18(22)17-4-3-7-25-17/h3-7,9,12-13H,8,10-11H2,1-2H3,(H,20,22)(H,23,24)/p-1/t12-,13-/m0/s1. The highest BCUT2D eigenvalue weighted by Gasteiger charge is 2.24. The summed E-state index contributed by atoms with van der Waals surface area (Å²) in [6.07, 6.45) is 1.14. The van der Waals surface area contributed by atoms with Crippen molar-refractivity contribution in [3.8, 4) is 0 Å². The van der Waals surface area contributed by atoms with Crippen LogP contribution in [0.4, 0.5) is 11.4 Å². The quantitative estimate of drug-likeness (QED) is 0.913. The van der Waals surface area contributed by atoms with E-state index in [1.165, 1.54) is 17.4 Å². The van der Waals surface area contributed by atoms with Crippen LogP contribution in [0.1, 0.15) is 40.3 Å². The number of nitrogens with one attached hydrogen (secondary N) is 1. The third-order valence-corrected chi connectivity index (χ3v) is 5.30. The van der Waals surface area contributed by atoms with E-state index in [4.69, 9.17) is 0 Å². The van der Waals surface area contributed by atoms with E-state index in [1.807, 2.05) is 5.38 Å². The van der Waals surface area contributed by atoms with Crippen LogP contribution in [0.2, 0.25) is 0 Å². The molecule has 0 aliphatic carbocycles. The topological polar surface area (TPSA) is 72.5 Å². The maximum absolute atomic E-state index is 12.2. The molecule has 5 nitrogen and oxygen atoms in total. The van der Waals surface area contributed by atoms with E-state index in [2.05, 4.69) is 24.1 Å². The van der Waals surface area contributed by atoms with Gasteiger partial charge in [-0.3, -0.25) is 4.79 Å². The lowest BCUT2D eigenvalue weighted by Crippen LogP contribution is -2.40. The molecule has 3 rings (SSSR count). The first-order valence-corrected chi connectivity index (χ1v) is 9.27. The zero-order valence-corrected chi connectivity index (χ0v) is 15.1. The van der Waals surface area contributed by atoms with Gasteiger partial charge in [-0.1, -0.05) is 19.9 Å². The maximum Gasteiger partial charge on any atom is 0.265 e. The molecule has 2 atom stereocenters. The summed E-state index contributed by atoms with van der Waals surface area (Å²) in [5, 5.41) is 16.2. The van der Waals surface area contributed by atoms with Crippen LogP contribution >= 0.6 is 11.3 Å². The largest absolute Gasteiger partial charge is 0.545 e. The van der Waals surface area contributed by atoms with Crippen LogP contribution in [-0.4, -0.2) is 25.0 Å². The molecular formula is C19H21N2O3S-. The average molecular weight is 357 g/mol. The van der Waals surface area contributed by atoms with E-state index < -0.39 is 5.97 Å². The second-order valence-electron chi connectivity index (χ2n) is 6.80. The molecular weight excluding hydrogens is 336 g/mol. The van der Waals surface area contributed by atoms with Gasteiger partial charge in [0.25, 0.3) is 5.91 Å². The Kier molecular flexibility index (Phi) is 5.08. The fourth-order valence-electron chi connectivity index (χ4n) is 3.51. The summed E-state index contributed by atoms with van der Waals surface area (Å²) < 4.78 is 0. The van der Waals surface area contributed by atoms with Crippen LogP contribution in [0.3, 0.4) is 0 Å². The molecule has 1 saturated heterocycles. The summed E-state index contributed by atoms with van der Waals surface area (Å²) in [6.45, 7) is 6.00. The molecule has 1 amide bonds. The fourth-order valence-corrected chi connectivity index (χ4v) is 4.13. The molecule has 25 heavy (non-hydrogen) atoms. The van der Waals surface area contributed by atoms with Crippen molar-refractivity contribution in [2.45, 2.75) is 20.3 Å². The number of anilines is 2. The first-order chi connectivity index (χ1) is 11.9. The summed E-state index contributed by atoms with van der Waals surface area (Å²) in [4.78, 5) is 26.5. The number of carbonyl (C=O) groups is 2. The number of piperidine rings is 1. The summed E-state index contributed by atoms with van der Waals surface area (Å²) >= 11 is 1.34. The van der Waals surface area contributed by atoms with Crippen molar-refractivity contribution in [2.75, 3.05) is 23.3 Å². The molecule has 132 valence electrons. The molecule has 0 spiro atoms. The zero-order valence-electron chi connectivity index (χ0n) is 14.3. The summed E-state index contributed by atoms with van der Waals surface area (Å²) in [5.74, 6) is -0.450. The Hall–Kier alpha value is -2.34. The van der Waals surface area contributed by atoms with Crippen LogP contribution < -0.4 is 15.3 Å². The van der Waals surface area contributed by atoms with E-state index in [0.717, 1.165) is 19.5 Å². The smallest absolute Gasteiger partial charge is 0.265 e. The Bertz CT molecular complexity index is 763. The Morgan fingerprint density at radius 1 is 1.20 bits per heavy atom. The number of amides is 1. The normalized spacial score (nSPS) is 20.3.